The molecule has 2 atom stereocenters. The van der Waals surface area contributed by atoms with Crippen LogP contribution in [-0.2, 0) is 11.0 Å². The van der Waals surface area contributed by atoms with Gasteiger partial charge in [0.05, 0.1) is 22.7 Å². The van der Waals surface area contributed by atoms with E-state index in [1.165, 1.54) is 19.3 Å². The number of aliphatic hydroxyl groups is 1. The standard InChI is InChI=1S/C25H20F3N5O4/c1-12-20(34)16-11-14(25(26,27)28)10-15(22(16)36-21(12)18-6-3-4-8-29-18)13(2)31-17-7-5-9-30-19(17)23-32-24(35)37-33-23/h3-11,13,24,31,35H,1-2H3,(H,32,33). The summed E-state index contributed by atoms with van der Waals surface area (Å²) in [5.41, 5.74) is 2.19. The number of halogens is 3. The zero-order chi connectivity index (χ0) is 26.3. The predicted octanol–water partition coefficient (Wildman–Crippen LogP) is 4.31. The van der Waals surface area contributed by atoms with Crippen LogP contribution in [-0.4, -0.2) is 27.3 Å². The third-order valence-electron chi connectivity index (χ3n) is 5.84. The number of alkyl halides is 3. The van der Waals surface area contributed by atoms with Gasteiger partial charge in [-0.1, -0.05) is 6.07 Å². The van der Waals surface area contributed by atoms with E-state index in [-0.39, 0.29) is 39.4 Å². The molecule has 12 heteroatoms. The van der Waals surface area contributed by atoms with E-state index in [0.717, 1.165) is 12.1 Å². The van der Waals surface area contributed by atoms with Gasteiger partial charge in [0.15, 0.2) is 17.0 Å². The van der Waals surface area contributed by atoms with Crippen molar-refractivity contribution in [2.45, 2.75) is 32.5 Å². The number of aliphatic imine (C=N–C) groups is 1. The fourth-order valence-electron chi connectivity index (χ4n) is 4.05. The van der Waals surface area contributed by atoms with Crippen molar-refractivity contribution in [3.05, 3.63) is 87.5 Å². The monoisotopic (exact) mass is 511 g/mol. The second-order valence-corrected chi connectivity index (χ2v) is 8.33. The molecule has 0 amide bonds. The minimum Gasteiger partial charge on any atom is -0.454 e. The van der Waals surface area contributed by atoms with E-state index >= 15 is 0 Å². The van der Waals surface area contributed by atoms with Crippen molar-refractivity contribution in [1.82, 2.24) is 15.4 Å². The van der Waals surface area contributed by atoms with Gasteiger partial charge in [0, 0.05) is 23.5 Å². The summed E-state index contributed by atoms with van der Waals surface area (Å²) in [5.74, 6) is 0.306. The Hall–Kier alpha value is -4.29. The lowest BCUT2D eigenvalue weighted by Crippen LogP contribution is -2.22. The Balaban J connectivity index is 1.68. The average molecular weight is 511 g/mol. The van der Waals surface area contributed by atoms with E-state index in [0.29, 0.717) is 11.4 Å². The number of hydrogen-bond donors (Lipinski definition) is 3. The van der Waals surface area contributed by atoms with Crippen molar-refractivity contribution in [2.75, 3.05) is 5.32 Å². The number of hydroxylamine groups is 1. The third-order valence-corrected chi connectivity index (χ3v) is 5.84. The van der Waals surface area contributed by atoms with Gasteiger partial charge in [-0.2, -0.15) is 13.2 Å². The molecule has 4 aromatic rings. The molecular formula is C25H20F3N5O4. The van der Waals surface area contributed by atoms with Crippen LogP contribution >= 0.6 is 0 Å². The van der Waals surface area contributed by atoms with E-state index in [1.807, 2.05) is 0 Å². The average Bonchev–Trinajstić information content (AvgIpc) is 3.31. The Morgan fingerprint density at radius 2 is 1.92 bits per heavy atom. The summed E-state index contributed by atoms with van der Waals surface area (Å²) in [6, 6.07) is 9.30. The van der Waals surface area contributed by atoms with E-state index in [1.54, 1.807) is 37.3 Å². The number of nitrogens with zero attached hydrogens (tertiary/aromatic N) is 3. The molecule has 0 bridgehead atoms. The topological polar surface area (TPSA) is 122 Å². The van der Waals surface area contributed by atoms with Crippen molar-refractivity contribution in [1.29, 1.82) is 0 Å². The first-order valence-corrected chi connectivity index (χ1v) is 11.1. The van der Waals surface area contributed by atoms with Crippen LogP contribution < -0.4 is 16.2 Å². The van der Waals surface area contributed by atoms with Gasteiger partial charge in [0.2, 0.25) is 0 Å². The van der Waals surface area contributed by atoms with Crippen LogP contribution in [0.4, 0.5) is 18.9 Å². The molecule has 4 heterocycles. The number of fused-ring (bicyclic) bond motifs is 1. The molecule has 0 spiro atoms. The largest absolute Gasteiger partial charge is 0.454 e. The van der Waals surface area contributed by atoms with E-state index in [2.05, 4.69) is 25.8 Å². The van der Waals surface area contributed by atoms with Gasteiger partial charge in [-0.3, -0.25) is 14.8 Å². The molecule has 37 heavy (non-hydrogen) atoms. The van der Waals surface area contributed by atoms with Crippen LogP contribution in [0.1, 0.15) is 35.3 Å². The maximum absolute atomic E-state index is 13.8. The van der Waals surface area contributed by atoms with Crippen LogP contribution in [0.25, 0.3) is 22.4 Å². The van der Waals surface area contributed by atoms with Crippen molar-refractivity contribution < 1.29 is 27.5 Å². The molecule has 1 aliphatic rings. The number of benzene rings is 1. The molecule has 3 aromatic heterocycles. The zero-order valence-electron chi connectivity index (χ0n) is 19.5. The highest BCUT2D eigenvalue weighted by Gasteiger charge is 2.33. The first-order chi connectivity index (χ1) is 17.6. The van der Waals surface area contributed by atoms with E-state index < -0.39 is 29.6 Å². The first kappa shape index (κ1) is 24.4. The smallest absolute Gasteiger partial charge is 0.416 e. The van der Waals surface area contributed by atoms with Gasteiger partial charge in [-0.25, -0.2) is 15.3 Å². The predicted molar refractivity (Wildman–Crippen MR) is 128 cm³/mol. The lowest BCUT2D eigenvalue weighted by molar-refractivity contribution is -0.137. The fraction of sp³-hybridized carbons (Fsp3) is 0.200. The van der Waals surface area contributed by atoms with Gasteiger partial charge in [0.1, 0.15) is 17.0 Å². The highest BCUT2D eigenvalue weighted by atomic mass is 19.4. The summed E-state index contributed by atoms with van der Waals surface area (Å²) < 4.78 is 47.6. The minimum absolute atomic E-state index is 0.00443. The molecule has 0 saturated carbocycles. The van der Waals surface area contributed by atoms with Gasteiger partial charge in [0.25, 0.3) is 6.41 Å². The quantitative estimate of drug-likeness (QED) is 0.363. The molecule has 3 N–H and O–H groups in total. The summed E-state index contributed by atoms with van der Waals surface area (Å²) in [5, 5.41) is 12.5. The highest BCUT2D eigenvalue weighted by Crippen LogP contribution is 2.37. The number of anilines is 1. The minimum atomic E-state index is -4.70. The normalized spacial score (nSPS) is 16.4. The first-order valence-electron chi connectivity index (χ1n) is 11.1. The maximum atomic E-state index is 13.8. The number of nitrogens with one attached hydrogen (secondary N) is 2. The number of rotatable bonds is 5. The van der Waals surface area contributed by atoms with Gasteiger partial charge in [-0.15, -0.1) is 0 Å². The Morgan fingerprint density at radius 3 is 2.59 bits per heavy atom. The number of aliphatic hydroxyl groups excluding tert-OH is 1. The number of aromatic nitrogens is 2. The van der Waals surface area contributed by atoms with Crippen LogP contribution in [0.5, 0.6) is 0 Å². The molecule has 1 aromatic carbocycles. The van der Waals surface area contributed by atoms with Gasteiger partial charge in [-0.05, 0) is 50.2 Å². The zero-order valence-corrected chi connectivity index (χ0v) is 19.5. The van der Waals surface area contributed by atoms with Crippen LogP contribution in [0, 0.1) is 6.92 Å². The molecule has 0 saturated heterocycles. The highest BCUT2D eigenvalue weighted by molar-refractivity contribution is 6.01. The molecule has 5 rings (SSSR count). The molecule has 1 aliphatic heterocycles. The van der Waals surface area contributed by atoms with Crippen molar-refractivity contribution in [2.24, 2.45) is 4.99 Å². The second-order valence-electron chi connectivity index (χ2n) is 8.33. The van der Waals surface area contributed by atoms with Gasteiger partial charge < -0.3 is 14.8 Å². The van der Waals surface area contributed by atoms with E-state index in [4.69, 9.17) is 9.25 Å². The molecule has 0 fully saturated rings. The summed E-state index contributed by atoms with van der Waals surface area (Å²) >= 11 is 0. The number of pyridine rings is 2. The summed E-state index contributed by atoms with van der Waals surface area (Å²) in [6.45, 7) is 3.12. The Morgan fingerprint density at radius 1 is 1.14 bits per heavy atom. The lowest BCUT2D eigenvalue weighted by atomic mass is 9.98. The summed E-state index contributed by atoms with van der Waals surface area (Å²) in [4.78, 5) is 30.4. The summed E-state index contributed by atoms with van der Waals surface area (Å²) in [6.07, 6.45) is -3.10. The number of amidine groups is 1. The van der Waals surface area contributed by atoms with E-state index in [9.17, 15) is 23.1 Å². The SMILES string of the molecule is Cc1c(-c2ccccn2)oc2c(C(C)Nc3cccnc3C3=NC(O)ON3)cc(C(F)(F)F)cc2c1=O. The third kappa shape index (κ3) is 4.63. The fourth-order valence-corrected chi connectivity index (χ4v) is 4.05. The van der Waals surface area contributed by atoms with Crippen LogP contribution in [0.3, 0.4) is 0 Å². The Labute approximate surface area is 207 Å². The van der Waals surface area contributed by atoms with Crippen LogP contribution in [0.15, 0.2) is 69.1 Å². The molecular weight excluding hydrogens is 491 g/mol. The molecule has 2 unspecified atom stereocenters. The lowest BCUT2D eigenvalue weighted by Gasteiger charge is -2.21. The summed E-state index contributed by atoms with van der Waals surface area (Å²) in [7, 11) is 0. The molecule has 9 nitrogen and oxygen atoms in total. The Bertz CT molecular complexity index is 1570. The number of hydrogen-bond acceptors (Lipinski definition) is 9. The molecule has 0 radical (unpaired) electrons. The molecule has 0 aliphatic carbocycles. The van der Waals surface area contributed by atoms with Crippen LogP contribution in [0.2, 0.25) is 0 Å². The molecule has 190 valence electrons. The second kappa shape index (κ2) is 9.30. The van der Waals surface area contributed by atoms with Crippen molar-refractivity contribution in [3.63, 3.8) is 0 Å². The van der Waals surface area contributed by atoms with Gasteiger partial charge >= 0.3 is 6.18 Å². The maximum Gasteiger partial charge on any atom is 0.416 e. The Kier molecular flexibility index (Phi) is 6.13. The van der Waals surface area contributed by atoms with Crippen molar-refractivity contribution >= 4 is 22.5 Å². The van der Waals surface area contributed by atoms with Crippen molar-refractivity contribution in [3.8, 4) is 11.5 Å².